The largest absolute Gasteiger partial charge is 0.356 e. The van der Waals surface area contributed by atoms with Crippen LogP contribution in [0.1, 0.15) is 35.8 Å². The molecule has 1 saturated heterocycles. The van der Waals surface area contributed by atoms with E-state index < -0.39 is 0 Å². The maximum atomic E-state index is 12.9. The lowest BCUT2D eigenvalue weighted by Gasteiger charge is -2.23. The summed E-state index contributed by atoms with van der Waals surface area (Å²) in [6.45, 7) is 1.42. The van der Waals surface area contributed by atoms with Crippen molar-refractivity contribution in [1.82, 2.24) is 14.7 Å². The first-order chi connectivity index (χ1) is 19.5. The maximum Gasteiger partial charge on any atom is 0.255 e. The summed E-state index contributed by atoms with van der Waals surface area (Å²) in [5.74, 6) is 0.278. The number of nitrogens with one attached hydrogen (secondary N) is 3. The molecule has 0 radical (unpaired) electrons. The van der Waals surface area contributed by atoms with Crippen molar-refractivity contribution in [3.8, 4) is 0 Å². The fraction of sp³-hybridized carbons (Fsp3) is 0.258. The molecule has 1 aliphatic heterocycles. The first kappa shape index (κ1) is 27.1. The van der Waals surface area contributed by atoms with E-state index in [1.807, 2.05) is 66.1 Å². The summed E-state index contributed by atoms with van der Waals surface area (Å²) < 4.78 is 7.96. The number of carbonyl (C=O) groups excluding carboxylic acids is 2. The van der Waals surface area contributed by atoms with Gasteiger partial charge in [-0.25, -0.2) is 4.68 Å². The van der Waals surface area contributed by atoms with Crippen LogP contribution >= 0.6 is 0 Å². The molecule has 40 heavy (non-hydrogen) atoms. The molecule has 9 nitrogen and oxygen atoms in total. The normalized spacial score (nSPS) is 15.4. The number of amides is 2. The lowest BCUT2D eigenvalue weighted by Crippen LogP contribution is -2.19. The van der Waals surface area contributed by atoms with E-state index in [0.717, 1.165) is 48.3 Å². The third kappa shape index (κ3) is 6.74. The number of carbonyl (C=O) groups is 2. The number of rotatable bonds is 9. The quantitative estimate of drug-likeness (QED) is 0.233. The zero-order valence-electron chi connectivity index (χ0n) is 22.8. The number of para-hydroxylation sites is 1. The Morgan fingerprint density at radius 1 is 0.975 bits per heavy atom. The van der Waals surface area contributed by atoms with Gasteiger partial charge in [0.25, 0.3) is 5.91 Å². The third-order valence-electron chi connectivity index (χ3n) is 6.58. The van der Waals surface area contributed by atoms with Crippen molar-refractivity contribution in [1.29, 1.82) is 0 Å². The van der Waals surface area contributed by atoms with Crippen LogP contribution in [0.2, 0.25) is 0 Å². The second kappa shape index (κ2) is 12.6. The van der Waals surface area contributed by atoms with Gasteiger partial charge in [0, 0.05) is 47.2 Å². The zero-order valence-corrected chi connectivity index (χ0v) is 22.8. The minimum atomic E-state index is -0.245. The molecule has 3 N–H and O–H groups in total. The Kier molecular flexibility index (Phi) is 8.53. The average molecular weight is 539 g/mol. The van der Waals surface area contributed by atoms with Crippen molar-refractivity contribution < 1.29 is 14.3 Å². The molecular formula is C31H34N6O3. The number of fused-ring (bicyclic) bond motifs is 1. The zero-order chi connectivity index (χ0) is 27.9. The molecule has 0 bridgehead atoms. The monoisotopic (exact) mass is 538 g/mol. The Morgan fingerprint density at radius 3 is 2.55 bits per heavy atom. The van der Waals surface area contributed by atoms with E-state index in [0.29, 0.717) is 23.5 Å². The second-order valence-corrected chi connectivity index (χ2v) is 10.0. The van der Waals surface area contributed by atoms with Crippen LogP contribution in [0.15, 0.2) is 84.9 Å². The predicted octanol–water partition coefficient (Wildman–Crippen LogP) is 5.79. The first-order valence-corrected chi connectivity index (χ1v) is 13.5. The van der Waals surface area contributed by atoms with E-state index in [2.05, 4.69) is 22.0 Å². The minimum Gasteiger partial charge on any atom is -0.356 e. The number of hydrogen-bond donors (Lipinski definition) is 3. The molecule has 9 heteroatoms. The fourth-order valence-corrected chi connectivity index (χ4v) is 4.59. The molecule has 4 aromatic rings. The maximum absolute atomic E-state index is 12.9. The molecule has 1 aromatic heterocycles. The fourth-order valence-electron chi connectivity index (χ4n) is 4.59. The van der Waals surface area contributed by atoms with Gasteiger partial charge >= 0.3 is 0 Å². The molecule has 206 valence electrons. The van der Waals surface area contributed by atoms with E-state index in [1.54, 1.807) is 30.3 Å². The Balaban J connectivity index is 1.24. The van der Waals surface area contributed by atoms with Gasteiger partial charge in [-0.1, -0.05) is 24.3 Å². The van der Waals surface area contributed by atoms with Crippen LogP contribution in [0.4, 0.5) is 22.9 Å². The molecule has 3 aromatic carbocycles. The number of aromatic nitrogens is 2. The van der Waals surface area contributed by atoms with Crippen molar-refractivity contribution in [2.45, 2.75) is 25.5 Å². The van der Waals surface area contributed by atoms with Crippen molar-refractivity contribution in [2.75, 3.05) is 43.2 Å². The highest BCUT2D eigenvalue weighted by molar-refractivity contribution is 6.05. The minimum absolute atomic E-state index is 0.0703. The molecule has 5 rings (SSSR count). The summed E-state index contributed by atoms with van der Waals surface area (Å²) in [5, 5.41) is 15.0. The van der Waals surface area contributed by atoms with Gasteiger partial charge in [-0.05, 0) is 88.0 Å². The van der Waals surface area contributed by atoms with Crippen molar-refractivity contribution in [3.63, 3.8) is 0 Å². The van der Waals surface area contributed by atoms with Crippen molar-refractivity contribution in [3.05, 3.63) is 90.5 Å². The molecule has 1 aliphatic rings. The summed E-state index contributed by atoms with van der Waals surface area (Å²) in [6, 6.07) is 22.4. The van der Waals surface area contributed by atoms with Gasteiger partial charge in [0.1, 0.15) is 0 Å². The number of nitrogens with zero attached hydrogens (tertiary/aromatic N) is 3. The van der Waals surface area contributed by atoms with Crippen LogP contribution < -0.4 is 16.0 Å². The summed E-state index contributed by atoms with van der Waals surface area (Å²) in [4.78, 5) is 26.9. The summed E-state index contributed by atoms with van der Waals surface area (Å²) in [6.07, 6.45) is 6.36. The van der Waals surface area contributed by atoms with E-state index in [4.69, 9.17) is 9.84 Å². The number of ether oxygens (including phenoxy) is 1. The van der Waals surface area contributed by atoms with Crippen LogP contribution in [-0.2, 0) is 9.53 Å². The molecule has 0 aliphatic carbocycles. The van der Waals surface area contributed by atoms with E-state index >= 15 is 0 Å². The Morgan fingerprint density at radius 2 is 1.77 bits per heavy atom. The molecule has 1 fully saturated rings. The Bertz CT molecular complexity index is 1500. The smallest absolute Gasteiger partial charge is 0.255 e. The van der Waals surface area contributed by atoms with Crippen LogP contribution in [0.5, 0.6) is 0 Å². The average Bonchev–Trinajstić information content (AvgIpc) is 3.32. The van der Waals surface area contributed by atoms with Gasteiger partial charge in [0.2, 0.25) is 5.91 Å². The lowest BCUT2D eigenvalue weighted by molar-refractivity contribution is -0.111. The number of benzene rings is 3. The number of likely N-dealkylation sites (N-methyl/N-ethyl adjacent to an activating group) is 1. The van der Waals surface area contributed by atoms with Gasteiger partial charge in [-0.15, -0.1) is 0 Å². The van der Waals surface area contributed by atoms with Crippen molar-refractivity contribution >= 4 is 45.6 Å². The number of anilines is 4. The van der Waals surface area contributed by atoms with E-state index in [1.165, 1.54) is 6.08 Å². The van der Waals surface area contributed by atoms with Crippen molar-refractivity contribution in [2.24, 2.45) is 0 Å². The SMILES string of the molecule is CN(C)C/C=C/C(=O)Nc1ccc(C(=O)Nc2cccc(Nc3nn(C4CCCCO4)c4ccccc34)c2)cc1. The molecular weight excluding hydrogens is 504 g/mol. The molecule has 1 unspecified atom stereocenters. The Hall–Kier alpha value is -4.47. The second-order valence-electron chi connectivity index (χ2n) is 10.0. The highest BCUT2D eigenvalue weighted by Gasteiger charge is 2.21. The van der Waals surface area contributed by atoms with E-state index in [-0.39, 0.29) is 18.0 Å². The first-order valence-electron chi connectivity index (χ1n) is 13.5. The van der Waals surface area contributed by atoms with Gasteiger partial charge in [0.15, 0.2) is 12.0 Å². The Labute approximate surface area is 233 Å². The molecule has 1 atom stereocenters. The summed E-state index contributed by atoms with van der Waals surface area (Å²) >= 11 is 0. The van der Waals surface area contributed by atoms with E-state index in [9.17, 15) is 9.59 Å². The standard InChI is InChI=1S/C31H34N6O3/c1-36(2)19-8-13-28(38)32-23-17-15-22(16-18-23)31(39)34-25-10-7-9-24(21-25)33-30-26-11-3-4-12-27(26)37(35-30)29-14-5-6-20-40-29/h3-4,7-13,15-18,21,29H,5-6,14,19-20H2,1-2H3,(H,32,38)(H,33,35)(H,34,39)/b13-8+. The number of hydrogen-bond acceptors (Lipinski definition) is 6. The highest BCUT2D eigenvalue weighted by atomic mass is 16.5. The van der Waals surface area contributed by atoms with Crippen LogP contribution in [0.3, 0.4) is 0 Å². The van der Waals surface area contributed by atoms with Crippen LogP contribution in [0, 0.1) is 0 Å². The summed E-state index contributed by atoms with van der Waals surface area (Å²) in [5.41, 5.74) is 3.57. The van der Waals surface area contributed by atoms with Gasteiger partial charge in [0.05, 0.1) is 5.52 Å². The molecule has 2 amide bonds. The van der Waals surface area contributed by atoms with Gasteiger partial charge < -0.3 is 25.6 Å². The van der Waals surface area contributed by atoms with Gasteiger partial charge in [-0.2, -0.15) is 5.10 Å². The molecule has 0 saturated carbocycles. The third-order valence-corrected chi connectivity index (χ3v) is 6.58. The summed E-state index contributed by atoms with van der Waals surface area (Å²) in [7, 11) is 3.87. The molecule has 0 spiro atoms. The van der Waals surface area contributed by atoms with Gasteiger partial charge in [-0.3, -0.25) is 9.59 Å². The molecule has 2 heterocycles. The van der Waals surface area contributed by atoms with Crippen LogP contribution in [-0.4, -0.2) is 53.7 Å². The lowest BCUT2D eigenvalue weighted by atomic mass is 10.1. The van der Waals surface area contributed by atoms with Crippen LogP contribution in [0.25, 0.3) is 10.9 Å². The predicted molar refractivity (Wildman–Crippen MR) is 159 cm³/mol. The topological polar surface area (TPSA) is 101 Å². The highest BCUT2D eigenvalue weighted by Crippen LogP contribution is 2.32.